The van der Waals surface area contributed by atoms with Gasteiger partial charge in [0.25, 0.3) is 5.85 Å². The van der Waals surface area contributed by atoms with Crippen molar-refractivity contribution in [1.29, 1.82) is 0 Å². The second-order valence-corrected chi connectivity index (χ2v) is 2.52. The Balaban J connectivity index is 4.37. The molecule has 72 valence electrons. The highest BCUT2D eigenvalue weighted by atomic mass is 19.2. The minimum absolute atomic E-state index is 0.552. The average molecular weight is 182 g/mol. The Morgan fingerprint density at radius 3 is 2.08 bits per heavy atom. The highest BCUT2D eigenvalue weighted by Gasteiger charge is 2.41. The van der Waals surface area contributed by atoms with Crippen molar-refractivity contribution in [3.8, 4) is 0 Å². The molecule has 0 aromatic carbocycles. The Hall–Kier alpha value is -0.560. The van der Waals surface area contributed by atoms with Crippen LogP contribution in [0.15, 0.2) is 0 Å². The molecule has 0 aromatic heterocycles. The van der Waals surface area contributed by atoms with Gasteiger partial charge in [0.1, 0.15) is 12.2 Å². The standard InChI is InChI=1S/C6H11FO5/c1-3(9)4(10)5(11)6(7,12)2-8/h2-5,9-12H,1H3/t3-,4+,5+,6+/m0/s1. The molecule has 0 heterocycles. The molecule has 0 spiro atoms. The lowest BCUT2D eigenvalue weighted by Gasteiger charge is -2.25. The number of aliphatic hydroxyl groups excluding tert-OH is 3. The lowest BCUT2D eigenvalue weighted by molar-refractivity contribution is -0.201. The third kappa shape index (κ3) is 2.49. The van der Waals surface area contributed by atoms with Crippen molar-refractivity contribution in [2.75, 3.05) is 0 Å². The van der Waals surface area contributed by atoms with Crippen LogP contribution in [0.3, 0.4) is 0 Å². The summed E-state index contributed by atoms with van der Waals surface area (Å²) in [6, 6.07) is 0. The van der Waals surface area contributed by atoms with Crippen LogP contribution in [0.1, 0.15) is 6.92 Å². The number of aliphatic hydroxyl groups is 4. The topological polar surface area (TPSA) is 98.0 Å². The van der Waals surface area contributed by atoms with Crippen molar-refractivity contribution in [3.63, 3.8) is 0 Å². The number of aldehydes is 1. The summed E-state index contributed by atoms with van der Waals surface area (Å²) in [5.41, 5.74) is 0. The van der Waals surface area contributed by atoms with Crippen LogP contribution in [0.25, 0.3) is 0 Å². The first-order chi connectivity index (χ1) is 5.33. The van der Waals surface area contributed by atoms with Gasteiger partial charge in [0.2, 0.25) is 0 Å². The summed E-state index contributed by atoms with van der Waals surface area (Å²) in [6.07, 6.45) is -6.26. The van der Waals surface area contributed by atoms with Gasteiger partial charge in [-0.05, 0) is 6.92 Å². The second-order valence-electron chi connectivity index (χ2n) is 2.52. The zero-order valence-corrected chi connectivity index (χ0v) is 6.38. The van der Waals surface area contributed by atoms with Crippen molar-refractivity contribution in [1.82, 2.24) is 0 Å². The molecule has 0 aliphatic rings. The fourth-order valence-corrected chi connectivity index (χ4v) is 0.573. The molecule has 0 aromatic rings. The summed E-state index contributed by atoms with van der Waals surface area (Å²) in [7, 11) is 0. The van der Waals surface area contributed by atoms with Gasteiger partial charge in [-0.2, -0.15) is 0 Å². The maximum atomic E-state index is 12.5. The lowest BCUT2D eigenvalue weighted by atomic mass is 10.0. The molecule has 5 nitrogen and oxygen atoms in total. The molecule has 6 heteroatoms. The van der Waals surface area contributed by atoms with Crippen LogP contribution in [0.5, 0.6) is 0 Å². The molecule has 0 bridgehead atoms. The fourth-order valence-electron chi connectivity index (χ4n) is 0.573. The number of rotatable bonds is 4. The Bertz CT molecular complexity index is 158. The predicted molar refractivity (Wildman–Crippen MR) is 35.8 cm³/mol. The predicted octanol–water partition coefficient (Wildman–Crippen LogP) is -2.05. The molecule has 4 atom stereocenters. The van der Waals surface area contributed by atoms with E-state index in [2.05, 4.69) is 0 Å². The van der Waals surface area contributed by atoms with Crippen molar-refractivity contribution < 1.29 is 29.6 Å². The van der Waals surface area contributed by atoms with Gasteiger partial charge >= 0.3 is 0 Å². The molecule has 0 radical (unpaired) electrons. The summed E-state index contributed by atoms with van der Waals surface area (Å²) >= 11 is 0. The van der Waals surface area contributed by atoms with Crippen LogP contribution in [0, 0.1) is 0 Å². The van der Waals surface area contributed by atoms with Gasteiger partial charge in [-0.15, -0.1) is 0 Å². The zero-order chi connectivity index (χ0) is 9.94. The SMILES string of the molecule is C[C@H](O)[C@@H](O)[C@@H](O)[C@@](O)(F)C=O. The Morgan fingerprint density at radius 2 is 1.83 bits per heavy atom. The van der Waals surface area contributed by atoms with Crippen LogP contribution in [0.2, 0.25) is 0 Å². The zero-order valence-electron chi connectivity index (χ0n) is 6.38. The largest absolute Gasteiger partial charge is 0.391 e. The van der Waals surface area contributed by atoms with Gasteiger partial charge in [0.15, 0.2) is 6.29 Å². The number of halogens is 1. The molecule has 12 heavy (non-hydrogen) atoms. The van der Waals surface area contributed by atoms with Gasteiger partial charge in [-0.25, -0.2) is 4.39 Å². The fraction of sp³-hybridized carbons (Fsp3) is 0.833. The van der Waals surface area contributed by atoms with Crippen LogP contribution in [-0.2, 0) is 4.79 Å². The van der Waals surface area contributed by atoms with Gasteiger partial charge in [-0.1, -0.05) is 0 Å². The van der Waals surface area contributed by atoms with Crippen molar-refractivity contribution in [3.05, 3.63) is 0 Å². The molecule has 0 saturated heterocycles. The first-order valence-corrected chi connectivity index (χ1v) is 3.24. The van der Waals surface area contributed by atoms with Gasteiger partial charge in [0, 0.05) is 0 Å². The van der Waals surface area contributed by atoms with E-state index in [1.54, 1.807) is 0 Å². The molecule has 0 aliphatic carbocycles. The van der Waals surface area contributed by atoms with Crippen molar-refractivity contribution in [2.45, 2.75) is 31.1 Å². The third-order valence-electron chi connectivity index (χ3n) is 1.40. The number of hydrogen-bond acceptors (Lipinski definition) is 5. The van der Waals surface area contributed by atoms with Gasteiger partial charge < -0.3 is 20.4 Å². The molecule has 0 amide bonds. The molecule has 0 saturated carbocycles. The summed E-state index contributed by atoms with van der Waals surface area (Å²) in [5, 5.41) is 34.7. The minimum Gasteiger partial charge on any atom is -0.391 e. The van der Waals surface area contributed by atoms with Crippen LogP contribution in [-0.4, -0.2) is 50.9 Å². The summed E-state index contributed by atoms with van der Waals surface area (Å²) in [4.78, 5) is 9.82. The smallest absolute Gasteiger partial charge is 0.291 e. The quantitative estimate of drug-likeness (QED) is 0.375. The molecule has 4 N–H and O–H groups in total. The van der Waals surface area contributed by atoms with Gasteiger partial charge in [0.05, 0.1) is 6.10 Å². The molecular formula is C6H11FO5. The van der Waals surface area contributed by atoms with E-state index in [0.717, 1.165) is 6.92 Å². The lowest BCUT2D eigenvalue weighted by Crippen LogP contribution is -2.50. The van der Waals surface area contributed by atoms with E-state index < -0.39 is 30.5 Å². The Kier molecular flexibility index (Phi) is 3.72. The van der Waals surface area contributed by atoms with Crippen LogP contribution < -0.4 is 0 Å². The van der Waals surface area contributed by atoms with Crippen molar-refractivity contribution >= 4 is 6.29 Å². The molecule has 0 rings (SSSR count). The first-order valence-electron chi connectivity index (χ1n) is 3.24. The summed E-state index contributed by atoms with van der Waals surface area (Å²) < 4.78 is 12.5. The average Bonchev–Trinajstić information content (AvgIpc) is 2.01. The second kappa shape index (κ2) is 3.90. The maximum Gasteiger partial charge on any atom is 0.291 e. The van der Waals surface area contributed by atoms with Crippen molar-refractivity contribution in [2.24, 2.45) is 0 Å². The van der Waals surface area contributed by atoms with Crippen LogP contribution >= 0.6 is 0 Å². The number of alkyl halides is 1. The molecule has 0 aliphatic heterocycles. The Morgan fingerprint density at radius 1 is 1.42 bits per heavy atom. The van der Waals surface area contributed by atoms with E-state index in [4.69, 9.17) is 20.4 Å². The number of hydrogen-bond donors (Lipinski definition) is 4. The van der Waals surface area contributed by atoms with E-state index in [-0.39, 0.29) is 0 Å². The van der Waals surface area contributed by atoms with E-state index in [9.17, 15) is 9.18 Å². The van der Waals surface area contributed by atoms with E-state index in [1.807, 2.05) is 0 Å². The van der Waals surface area contributed by atoms with E-state index in [1.165, 1.54) is 0 Å². The highest BCUT2D eigenvalue weighted by molar-refractivity contribution is 5.60. The third-order valence-corrected chi connectivity index (χ3v) is 1.40. The number of carbonyl (C=O) groups excluding carboxylic acids is 1. The maximum absolute atomic E-state index is 12.5. The Labute approximate surface area is 68.1 Å². The monoisotopic (exact) mass is 182 g/mol. The first kappa shape index (κ1) is 11.4. The summed E-state index contributed by atoms with van der Waals surface area (Å²) in [6.45, 7) is 1.08. The minimum atomic E-state index is -3.53. The highest BCUT2D eigenvalue weighted by Crippen LogP contribution is 2.14. The normalized spacial score (nSPS) is 23.8. The molecular weight excluding hydrogens is 171 g/mol. The van der Waals surface area contributed by atoms with E-state index in [0.29, 0.717) is 0 Å². The molecule has 0 unspecified atom stereocenters. The molecule has 0 fully saturated rings. The van der Waals surface area contributed by atoms with Gasteiger partial charge in [-0.3, -0.25) is 4.79 Å². The van der Waals surface area contributed by atoms with Crippen LogP contribution in [0.4, 0.5) is 4.39 Å². The summed E-state index contributed by atoms with van der Waals surface area (Å²) in [5.74, 6) is -3.53. The number of carbonyl (C=O) groups is 1. The van der Waals surface area contributed by atoms with E-state index >= 15 is 0 Å².